The summed E-state index contributed by atoms with van der Waals surface area (Å²) in [6.45, 7) is 0. The predicted octanol–water partition coefficient (Wildman–Crippen LogP) is 3.78. The van der Waals surface area contributed by atoms with Gasteiger partial charge in [0, 0.05) is 21.5 Å². The molecule has 0 saturated carbocycles. The Balaban J connectivity index is 3.04. The van der Waals surface area contributed by atoms with Crippen LogP contribution < -0.4 is 0 Å². The molecule has 0 aromatic rings. The lowest BCUT2D eigenvalue weighted by molar-refractivity contribution is 2.10. The van der Waals surface area contributed by atoms with Crippen LogP contribution in [0.2, 0.25) is 0 Å². The lowest BCUT2D eigenvalue weighted by atomic mass is 11.1. The van der Waals surface area contributed by atoms with Crippen molar-refractivity contribution in [3.63, 3.8) is 0 Å². The molecule has 0 amide bonds. The zero-order chi connectivity index (χ0) is 6.81. The third kappa shape index (κ3) is 1.25. The van der Waals surface area contributed by atoms with Gasteiger partial charge in [0.25, 0.3) is 0 Å². The van der Waals surface area contributed by atoms with E-state index in [4.69, 9.17) is 0 Å². The molecule has 2 aliphatic heterocycles. The summed E-state index contributed by atoms with van der Waals surface area (Å²) in [4.78, 5) is 0. The maximum Gasteiger partial charge on any atom is 0.107 e. The second kappa shape index (κ2) is 3.00. The first-order valence-corrected chi connectivity index (χ1v) is 6.19. The van der Waals surface area contributed by atoms with E-state index in [1.165, 1.54) is 7.69 Å². The van der Waals surface area contributed by atoms with Crippen LogP contribution in [0.1, 0.15) is 0 Å². The van der Waals surface area contributed by atoms with Gasteiger partial charge in [0.15, 0.2) is 0 Å². The van der Waals surface area contributed by atoms with Crippen molar-refractivity contribution in [3.8, 4) is 0 Å². The van der Waals surface area contributed by atoms with E-state index in [9.17, 15) is 0 Å². The minimum absolute atomic E-state index is 1.43. The number of rotatable bonds is 0. The molecule has 0 nitrogen and oxygen atoms in total. The second-order valence-corrected chi connectivity index (χ2v) is 5.77. The minimum atomic E-state index is 1.43. The first-order chi connectivity index (χ1) is 4.97. The van der Waals surface area contributed by atoms with Crippen LogP contribution in [0.25, 0.3) is 0 Å². The molecule has 0 fully saturated rings. The highest BCUT2D eigenvalue weighted by Crippen LogP contribution is 2.17. The molecule has 52 valence electrons. The second-order valence-electron chi connectivity index (χ2n) is 1.59. The van der Waals surface area contributed by atoms with Crippen molar-refractivity contribution in [2.75, 3.05) is 0 Å². The van der Waals surface area contributed by atoms with Gasteiger partial charge in [-0.15, -0.1) is 45.3 Å². The molecule has 0 unspecified atom stereocenters. The molecule has 0 atom stereocenters. The van der Waals surface area contributed by atoms with Crippen LogP contribution in [0.3, 0.4) is 0 Å². The van der Waals surface area contributed by atoms with Crippen LogP contribution >= 0.6 is 45.3 Å². The Labute approximate surface area is 74.4 Å². The van der Waals surface area contributed by atoms with Gasteiger partial charge in [-0.1, -0.05) is 0 Å². The quantitative estimate of drug-likeness (QED) is 0.612. The average molecular weight is 204 g/mol. The normalized spacial score (nSPS) is 10.0. The molecule has 2 heterocycles. The first-order valence-electron chi connectivity index (χ1n) is 2.68. The standard InChI is InChI=1S/C6H4S4/c1-2-8-6-5(7-1)9-3-4-10-6/h1-4H. The van der Waals surface area contributed by atoms with Crippen molar-refractivity contribution >= 4 is 45.3 Å². The highest BCUT2D eigenvalue weighted by Gasteiger charge is 1.84. The van der Waals surface area contributed by atoms with Crippen LogP contribution in [0, 0.1) is 7.69 Å². The fraction of sp³-hybridized carbons (Fsp3) is 0. The molecule has 0 saturated heterocycles. The van der Waals surface area contributed by atoms with Crippen LogP contribution in [-0.4, -0.2) is 0 Å². The van der Waals surface area contributed by atoms with E-state index < -0.39 is 0 Å². The van der Waals surface area contributed by atoms with Gasteiger partial charge in [-0.2, -0.15) is 0 Å². The van der Waals surface area contributed by atoms with E-state index in [0.717, 1.165) is 0 Å². The van der Waals surface area contributed by atoms with Crippen molar-refractivity contribution in [1.29, 1.82) is 0 Å². The van der Waals surface area contributed by atoms with Gasteiger partial charge >= 0.3 is 0 Å². The zero-order valence-electron chi connectivity index (χ0n) is 4.94. The molecule has 2 aliphatic rings. The van der Waals surface area contributed by atoms with Gasteiger partial charge in [-0.25, -0.2) is 0 Å². The Morgan fingerprint density at radius 1 is 0.600 bits per heavy atom. The smallest absolute Gasteiger partial charge is 0.107 e. The van der Waals surface area contributed by atoms with Crippen molar-refractivity contribution in [2.24, 2.45) is 0 Å². The van der Waals surface area contributed by atoms with Crippen molar-refractivity contribution < 1.29 is 0 Å². The largest absolute Gasteiger partial charge is 0.130 e. The Morgan fingerprint density at radius 2 is 0.900 bits per heavy atom. The fourth-order valence-corrected chi connectivity index (χ4v) is 4.64. The SMILES string of the molecule is c1csc2sccsc=2s1. The third-order valence-electron chi connectivity index (χ3n) is 0.978. The maximum absolute atomic E-state index is 2.14. The van der Waals surface area contributed by atoms with Crippen LogP contribution in [0.15, 0.2) is 21.5 Å². The molecule has 0 aliphatic carbocycles. The van der Waals surface area contributed by atoms with E-state index >= 15 is 0 Å². The third-order valence-corrected chi connectivity index (χ3v) is 5.76. The van der Waals surface area contributed by atoms with E-state index in [1.807, 2.05) is 45.3 Å². The summed E-state index contributed by atoms with van der Waals surface area (Å²) in [5, 5.41) is 8.54. The highest BCUT2D eigenvalue weighted by molar-refractivity contribution is 7.31. The van der Waals surface area contributed by atoms with Crippen LogP contribution in [-0.2, 0) is 0 Å². The molecule has 0 aromatic heterocycles. The predicted molar refractivity (Wildman–Crippen MR) is 50.9 cm³/mol. The van der Waals surface area contributed by atoms with Crippen molar-refractivity contribution in [1.82, 2.24) is 0 Å². The van der Waals surface area contributed by atoms with Gasteiger partial charge in [-0.3, -0.25) is 0 Å². The van der Waals surface area contributed by atoms with E-state index in [2.05, 4.69) is 21.5 Å². The van der Waals surface area contributed by atoms with Crippen molar-refractivity contribution in [2.45, 2.75) is 0 Å². The topological polar surface area (TPSA) is 0 Å². The molecule has 0 N–H and O–H groups in total. The highest BCUT2D eigenvalue weighted by atomic mass is 32.2. The molecule has 4 heteroatoms. The van der Waals surface area contributed by atoms with Gasteiger partial charge in [0.05, 0.1) is 0 Å². The monoisotopic (exact) mass is 204 g/mol. The lowest BCUT2D eigenvalue weighted by Crippen LogP contribution is -1.55. The van der Waals surface area contributed by atoms with Gasteiger partial charge in [0.1, 0.15) is 7.69 Å². The maximum atomic E-state index is 2.14. The van der Waals surface area contributed by atoms with Crippen LogP contribution in [0.5, 0.6) is 0 Å². The summed E-state index contributed by atoms with van der Waals surface area (Å²) in [6, 6.07) is 0. The summed E-state index contributed by atoms with van der Waals surface area (Å²) < 4.78 is 2.86. The minimum Gasteiger partial charge on any atom is -0.130 e. The molecule has 10 heavy (non-hydrogen) atoms. The van der Waals surface area contributed by atoms with Crippen molar-refractivity contribution in [3.05, 3.63) is 29.2 Å². The molecular weight excluding hydrogens is 200 g/mol. The summed E-state index contributed by atoms with van der Waals surface area (Å²) in [7, 11) is 0. The molecular formula is C6H4S4. The van der Waals surface area contributed by atoms with E-state index in [1.54, 1.807) is 0 Å². The summed E-state index contributed by atoms with van der Waals surface area (Å²) >= 11 is 7.26. The summed E-state index contributed by atoms with van der Waals surface area (Å²) in [6.07, 6.45) is 0. The van der Waals surface area contributed by atoms with Crippen LogP contribution in [0.4, 0.5) is 0 Å². The molecule has 2 rings (SSSR count). The lowest BCUT2D eigenvalue weighted by Gasteiger charge is -1.85. The number of hydrogen-bond acceptors (Lipinski definition) is 4. The van der Waals surface area contributed by atoms with Gasteiger partial charge < -0.3 is 0 Å². The Bertz CT molecular complexity index is 314. The zero-order valence-corrected chi connectivity index (χ0v) is 8.21. The molecule has 0 bridgehead atoms. The summed E-state index contributed by atoms with van der Waals surface area (Å²) in [5.41, 5.74) is 0. The Kier molecular flexibility index (Phi) is 2.04. The molecule has 0 spiro atoms. The Morgan fingerprint density at radius 3 is 1.20 bits per heavy atom. The van der Waals surface area contributed by atoms with Gasteiger partial charge in [0.2, 0.25) is 0 Å². The van der Waals surface area contributed by atoms with E-state index in [0.29, 0.717) is 0 Å². The number of hydrogen-bond donors (Lipinski definition) is 0. The first kappa shape index (κ1) is 6.79. The average Bonchev–Trinajstić information content (AvgIpc) is 2.05. The van der Waals surface area contributed by atoms with E-state index in [-0.39, 0.29) is 0 Å². The fourth-order valence-electron chi connectivity index (χ4n) is 0.606. The Hall–Kier alpha value is 0.100. The molecule has 0 radical (unpaired) electrons. The molecule has 0 aromatic carbocycles. The van der Waals surface area contributed by atoms with Gasteiger partial charge in [-0.05, 0) is 0 Å². The summed E-state index contributed by atoms with van der Waals surface area (Å²) in [5.74, 6) is 0.